The van der Waals surface area contributed by atoms with E-state index in [4.69, 9.17) is 0 Å². The number of hydrogen-bond acceptors (Lipinski definition) is 3. The zero-order chi connectivity index (χ0) is 13.8. The van der Waals surface area contributed by atoms with Gasteiger partial charge in [0.2, 0.25) is 0 Å². The van der Waals surface area contributed by atoms with Crippen molar-refractivity contribution in [2.45, 2.75) is 26.4 Å². The van der Waals surface area contributed by atoms with E-state index in [1.807, 2.05) is 31.2 Å². The molecule has 2 aromatic rings. The summed E-state index contributed by atoms with van der Waals surface area (Å²) >= 11 is 0. The van der Waals surface area contributed by atoms with Gasteiger partial charge in [-0.1, -0.05) is 12.1 Å². The van der Waals surface area contributed by atoms with Crippen LogP contribution in [-0.4, -0.2) is 23.9 Å². The maximum atomic E-state index is 4.31. The Morgan fingerprint density at radius 1 is 1.21 bits per heavy atom. The maximum Gasteiger partial charge on any atom is 0.0729 e. The molecule has 0 saturated carbocycles. The lowest BCUT2D eigenvalue weighted by Crippen LogP contribution is -2.08. The van der Waals surface area contributed by atoms with Gasteiger partial charge in [-0.3, -0.25) is 4.68 Å². The normalized spacial score (nSPS) is 10.8. The highest BCUT2D eigenvalue weighted by Gasteiger charge is 2.01. The summed E-state index contributed by atoms with van der Waals surface area (Å²) in [6.07, 6.45) is 3.91. The summed E-state index contributed by atoms with van der Waals surface area (Å²) in [6.45, 7) is 5.06. The highest BCUT2D eigenvalue weighted by atomic mass is 15.3. The van der Waals surface area contributed by atoms with E-state index in [9.17, 15) is 0 Å². The molecular weight excluding hydrogens is 236 g/mol. The summed E-state index contributed by atoms with van der Waals surface area (Å²) in [5.41, 5.74) is 3.55. The van der Waals surface area contributed by atoms with Gasteiger partial charge in [0.1, 0.15) is 0 Å². The average Bonchev–Trinajstić information content (AvgIpc) is 2.86. The predicted octanol–water partition coefficient (Wildman–Crippen LogP) is 3.14. The van der Waals surface area contributed by atoms with Crippen molar-refractivity contribution in [1.29, 1.82) is 0 Å². The Balaban J connectivity index is 1.94. The van der Waals surface area contributed by atoms with E-state index in [1.54, 1.807) is 0 Å². The molecule has 1 N–H and O–H groups in total. The van der Waals surface area contributed by atoms with E-state index in [2.05, 4.69) is 53.4 Å². The van der Waals surface area contributed by atoms with Gasteiger partial charge in [0.25, 0.3) is 0 Å². The second-order valence-electron chi connectivity index (χ2n) is 5.22. The molecule has 0 atom stereocenters. The molecule has 0 bridgehead atoms. The van der Waals surface area contributed by atoms with E-state index in [1.165, 1.54) is 11.3 Å². The van der Waals surface area contributed by atoms with Crippen molar-refractivity contribution in [3.05, 3.63) is 42.2 Å². The van der Waals surface area contributed by atoms with E-state index >= 15 is 0 Å². The van der Waals surface area contributed by atoms with Gasteiger partial charge in [-0.2, -0.15) is 5.10 Å². The lowest BCUT2D eigenvalue weighted by Gasteiger charge is -2.12. The van der Waals surface area contributed by atoms with Crippen molar-refractivity contribution >= 4 is 11.4 Å². The minimum absolute atomic E-state index is 0.398. The molecule has 0 aliphatic carbocycles. The van der Waals surface area contributed by atoms with Crippen molar-refractivity contribution in [3.63, 3.8) is 0 Å². The quantitative estimate of drug-likeness (QED) is 0.894. The largest absolute Gasteiger partial charge is 0.378 e. The van der Waals surface area contributed by atoms with Crippen LogP contribution in [0.4, 0.5) is 11.4 Å². The van der Waals surface area contributed by atoms with Crippen LogP contribution < -0.4 is 10.2 Å². The molecule has 4 heteroatoms. The summed E-state index contributed by atoms with van der Waals surface area (Å²) in [4.78, 5) is 2.10. The van der Waals surface area contributed by atoms with Gasteiger partial charge in [0.05, 0.1) is 11.9 Å². The molecule has 0 aliphatic rings. The fourth-order valence-corrected chi connectivity index (χ4v) is 1.83. The molecule has 0 aliphatic heterocycles. The molecule has 2 rings (SSSR count). The van der Waals surface area contributed by atoms with Gasteiger partial charge in [-0.05, 0) is 31.5 Å². The summed E-state index contributed by atoms with van der Waals surface area (Å²) in [6, 6.07) is 8.96. The molecule has 0 unspecified atom stereocenters. The van der Waals surface area contributed by atoms with Crippen LogP contribution in [0.1, 0.15) is 25.5 Å². The van der Waals surface area contributed by atoms with Crippen LogP contribution in [0, 0.1) is 0 Å². The Hall–Kier alpha value is -1.97. The van der Waals surface area contributed by atoms with Crippen molar-refractivity contribution in [1.82, 2.24) is 9.78 Å². The topological polar surface area (TPSA) is 33.1 Å². The highest BCUT2D eigenvalue weighted by molar-refractivity contribution is 5.47. The lowest BCUT2D eigenvalue weighted by atomic mass is 10.2. The van der Waals surface area contributed by atoms with Crippen LogP contribution in [0.3, 0.4) is 0 Å². The predicted molar refractivity (Wildman–Crippen MR) is 80.7 cm³/mol. The molecular formula is C15H22N4. The summed E-state index contributed by atoms with van der Waals surface area (Å²) in [5.74, 6) is 0. The first kappa shape index (κ1) is 13.5. The van der Waals surface area contributed by atoms with Gasteiger partial charge >= 0.3 is 0 Å². The standard InChI is InChI=1S/C15H22N4/c1-12(2)19-11-14(10-17-19)16-9-13-5-7-15(8-6-13)18(3)4/h5-8,10-12,16H,9H2,1-4H3. The molecule has 0 radical (unpaired) electrons. The molecule has 0 spiro atoms. The Labute approximate surface area is 115 Å². The zero-order valence-corrected chi connectivity index (χ0v) is 12.1. The monoisotopic (exact) mass is 258 g/mol. The first-order chi connectivity index (χ1) is 9.06. The summed E-state index contributed by atoms with van der Waals surface area (Å²) < 4.78 is 1.96. The highest BCUT2D eigenvalue weighted by Crippen LogP contribution is 2.14. The number of nitrogens with one attached hydrogen (secondary N) is 1. The Morgan fingerprint density at radius 3 is 2.42 bits per heavy atom. The second kappa shape index (κ2) is 5.78. The number of rotatable bonds is 5. The number of nitrogens with zero attached hydrogens (tertiary/aromatic N) is 3. The van der Waals surface area contributed by atoms with E-state index in [0.29, 0.717) is 6.04 Å². The van der Waals surface area contributed by atoms with Crippen molar-refractivity contribution in [2.24, 2.45) is 0 Å². The second-order valence-corrected chi connectivity index (χ2v) is 5.22. The summed E-state index contributed by atoms with van der Waals surface area (Å²) in [5, 5.41) is 7.70. The smallest absolute Gasteiger partial charge is 0.0729 e. The fraction of sp³-hybridized carbons (Fsp3) is 0.400. The molecule has 0 saturated heterocycles. The maximum absolute atomic E-state index is 4.31. The average molecular weight is 258 g/mol. The van der Waals surface area contributed by atoms with Crippen molar-refractivity contribution in [3.8, 4) is 0 Å². The van der Waals surface area contributed by atoms with Crippen molar-refractivity contribution in [2.75, 3.05) is 24.3 Å². The SMILES string of the molecule is CC(C)n1cc(NCc2ccc(N(C)C)cc2)cn1. The third-order valence-corrected chi connectivity index (χ3v) is 3.08. The number of aromatic nitrogens is 2. The van der Waals surface area contributed by atoms with Gasteiger partial charge in [-0.15, -0.1) is 0 Å². The molecule has 1 aromatic heterocycles. The van der Waals surface area contributed by atoms with Crippen LogP contribution in [0.2, 0.25) is 0 Å². The summed E-state index contributed by atoms with van der Waals surface area (Å²) in [7, 11) is 4.10. The van der Waals surface area contributed by atoms with Crippen LogP contribution >= 0.6 is 0 Å². The van der Waals surface area contributed by atoms with E-state index < -0.39 is 0 Å². The molecule has 19 heavy (non-hydrogen) atoms. The lowest BCUT2D eigenvalue weighted by molar-refractivity contribution is 0.532. The van der Waals surface area contributed by atoms with Gasteiger partial charge in [0, 0.05) is 38.6 Å². The fourth-order valence-electron chi connectivity index (χ4n) is 1.83. The molecule has 0 amide bonds. The van der Waals surface area contributed by atoms with Gasteiger partial charge in [-0.25, -0.2) is 0 Å². The first-order valence-corrected chi connectivity index (χ1v) is 6.60. The minimum Gasteiger partial charge on any atom is -0.378 e. The third-order valence-electron chi connectivity index (χ3n) is 3.08. The zero-order valence-electron chi connectivity index (χ0n) is 12.1. The van der Waals surface area contributed by atoms with Crippen molar-refractivity contribution < 1.29 is 0 Å². The Morgan fingerprint density at radius 2 is 1.89 bits per heavy atom. The van der Waals surface area contributed by atoms with Crippen LogP contribution in [-0.2, 0) is 6.54 Å². The molecule has 1 heterocycles. The van der Waals surface area contributed by atoms with Crippen LogP contribution in [0.25, 0.3) is 0 Å². The van der Waals surface area contributed by atoms with E-state index in [0.717, 1.165) is 12.2 Å². The number of benzene rings is 1. The molecule has 4 nitrogen and oxygen atoms in total. The van der Waals surface area contributed by atoms with Crippen LogP contribution in [0.15, 0.2) is 36.7 Å². The van der Waals surface area contributed by atoms with Gasteiger partial charge < -0.3 is 10.2 Å². The van der Waals surface area contributed by atoms with Crippen LogP contribution in [0.5, 0.6) is 0 Å². The van der Waals surface area contributed by atoms with E-state index in [-0.39, 0.29) is 0 Å². The molecule has 0 fully saturated rings. The third kappa shape index (κ3) is 3.50. The molecule has 102 valence electrons. The first-order valence-electron chi connectivity index (χ1n) is 6.60. The molecule has 1 aromatic carbocycles. The van der Waals surface area contributed by atoms with Gasteiger partial charge in [0.15, 0.2) is 0 Å². The number of anilines is 2. The Bertz CT molecular complexity index is 511. The number of hydrogen-bond donors (Lipinski definition) is 1. The minimum atomic E-state index is 0.398. The Kier molecular flexibility index (Phi) is 4.10.